The number of rotatable bonds is 2. The zero-order chi connectivity index (χ0) is 13.4. The van der Waals surface area contributed by atoms with Gasteiger partial charge >= 0.3 is 0 Å². The standard InChI is InChI=1S/C15H14N2S2/c1-10-7-8-11-13(9-10)17(15(18)16-11)12-5-3-4-6-14(12)19-2/h3-9H,1-2H3,(H,16,18). The number of benzene rings is 2. The van der Waals surface area contributed by atoms with Crippen molar-refractivity contribution >= 4 is 35.0 Å². The summed E-state index contributed by atoms with van der Waals surface area (Å²) >= 11 is 7.22. The zero-order valence-corrected chi connectivity index (χ0v) is 12.4. The van der Waals surface area contributed by atoms with Crippen LogP contribution in [0.25, 0.3) is 16.7 Å². The molecule has 1 N–H and O–H groups in total. The van der Waals surface area contributed by atoms with Crippen LogP contribution in [-0.2, 0) is 0 Å². The Balaban J connectivity index is 2.39. The highest BCUT2D eigenvalue weighted by molar-refractivity contribution is 7.98. The van der Waals surface area contributed by atoms with Gasteiger partial charge in [0.15, 0.2) is 4.77 Å². The topological polar surface area (TPSA) is 20.7 Å². The molecule has 0 amide bonds. The first-order valence-electron chi connectivity index (χ1n) is 6.05. The van der Waals surface area contributed by atoms with Gasteiger partial charge in [0.05, 0.1) is 16.7 Å². The van der Waals surface area contributed by atoms with Crippen molar-refractivity contribution in [2.45, 2.75) is 11.8 Å². The average molecular weight is 286 g/mol. The Morgan fingerprint density at radius 3 is 2.74 bits per heavy atom. The number of para-hydroxylation sites is 1. The van der Waals surface area contributed by atoms with Crippen molar-refractivity contribution in [3.8, 4) is 5.69 Å². The molecule has 0 bridgehead atoms. The molecule has 0 spiro atoms. The fraction of sp³-hybridized carbons (Fsp3) is 0.133. The van der Waals surface area contributed by atoms with Crippen molar-refractivity contribution in [3.63, 3.8) is 0 Å². The highest BCUT2D eigenvalue weighted by Crippen LogP contribution is 2.27. The Labute approximate surface area is 121 Å². The van der Waals surface area contributed by atoms with Gasteiger partial charge < -0.3 is 4.98 Å². The fourth-order valence-electron chi connectivity index (χ4n) is 2.27. The van der Waals surface area contributed by atoms with Crippen LogP contribution in [0.4, 0.5) is 0 Å². The lowest BCUT2D eigenvalue weighted by atomic mass is 10.2. The van der Waals surface area contributed by atoms with Gasteiger partial charge in [0.2, 0.25) is 0 Å². The summed E-state index contributed by atoms with van der Waals surface area (Å²) in [5.41, 5.74) is 4.58. The number of hydrogen-bond acceptors (Lipinski definition) is 2. The molecule has 2 aromatic carbocycles. The molecule has 1 heterocycles. The summed E-state index contributed by atoms with van der Waals surface area (Å²) < 4.78 is 2.85. The van der Waals surface area contributed by atoms with E-state index in [4.69, 9.17) is 12.2 Å². The van der Waals surface area contributed by atoms with Crippen molar-refractivity contribution in [1.82, 2.24) is 9.55 Å². The van der Waals surface area contributed by atoms with Crippen LogP contribution >= 0.6 is 24.0 Å². The van der Waals surface area contributed by atoms with Gasteiger partial charge in [0, 0.05) is 4.90 Å². The molecule has 0 saturated heterocycles. The van der Waals surface area contributed by atoms with E-state index in [-0.39, 0.29) is 0 Å². The second-order valence-corrected chi connectivity index (χ2v) is 5.69. The van der Waals surface area contributed by atoms with E-state index in [2.05, 4.69) is 59.1 Å². The number of nitrogens with one attached hydrogen (secondary N) is 1. The van der Waals surface area contributed by atoms with Gasteiger partial charge in [0.25, 0.3) is 0 Å². The van der Waals surface area contributed by atoms with Gasteiger partial charge in [-0.2, -0.15) is 0 Å². The van der Waals surface area contributed by atoms with Crippen LogP contribution in [0.5, 0.6) is 0 Å². The molecule has 3 aromatic rings. The number of hydrogen-bond donors (Lipinski definition) is 1. The van der Waals surface area contributed by atoms with Crippen LogP contribution in [0.2, 0.25) is 0 Å². The number of aryl methyl sites for hydroxylation is 1. The van der Waals surface area contributed by atoms with Crippen LogP contribution in [-0.4, -0.2) is 15.8 Å². The van der Waals surface area contributed by atoms with E-state index in [1.807, 2.05) is 6.07 Å². The predicted molar refractivity (Wildman–Crippen MR) is 85.0 cm³/mol. The number of nitrogens with zero attached hydrogens (tertiary/aromatic N) is 1. The number of H-pyrrole nitrogens is 1. The largest absolute Gasteiger partial charge is 0.330 e. The lowest BCUT2D eigenvalue weighted by Crippen LogP contribution is -1.96. The molecule has 0 aliphatic carbocycles. The molecule has 0 aliphatic rings. The summed E-state index contributed by atoms with van der Waals surface area (Å²) in [6.45, 7) is 2.10. The molecule has 0 saturated carbocycles. The van der Waals surface area contributed by atoms with Crippen molar-refractivity contribution in [2.24, 2.45) is 0 Å². The molecule has 96 valence electrons. The summed E-state index contributed by atoms with van der Waals surface area (Å²) in [7, 11) is 0. The highest BCUT2D eigenvalue weighted by atomic mass is 32.2. The maximum Gasteiger partial charge on any atom is 0.182 e. The smallest absolute Gasteiger partial charge is 0.182 e. The summed E-state index contributed by atoms with van der Waals surface area (Å²) in [5.74, 6) is 0. The zero-order valence-electron chi connectivity index (χ0n) is 10.8. The molecule has 0 fully saturated rings. The molecule has 0 aliphatic heterocycles. The van der Waals surface area contributed by atoms with Gasteiger partial charge in [-0.05, 0) is 55.2 Å². The minimum atomic E-state index is 0.738. The Morgan fingerprint density at radius 2 is 1.95 bits per heavy atom. The van der Waals surface area contributed by atoms with Crippen molar-refractivity contribution < 1.29 is 0 Å². The molecule has 2 nitrogen and oxygen atoms in total. The van der Waals surface area contributed by atoms with Crippen LogP contribution < -0.4 is 0 Å². The normalized spacial score (nSPS) is 11.1. The third kappa shape index (κ3) is 2.11. The first-order valence-corrected chi connectivity index (χ1v) is 7.69. The summed E-state index contributed by atoms with van der Waals surface area (Å²) in [6, 6.07) is 14.7. The molecule has 0 atom stereocenters. The fourth-order valence-corrected chi connectivity index (χ4v) is 3.16. The van der Waals surface area contributed by atoms with Crippen molar-refractivity contribution in [3.05, 3.63) is 52.8 Å². The van der Waals surface area contributed by atoms with Gasteiger partial charge in [-0.3, -0.25) is 4.57 Å². The second-order valence-electron chi connectivity index (χ2n) is 4.46. The van der Waals surface area contributed by atoms with Gasteiger partial charge in [0.1, 0.15) is 0 Å². The molecule has 0 unspecified atom stereocenters. The third-order valence-corrected chi connectivity index (χ3v) is 4.23. The van der Waals surface area contributed by atoms with Crippen LogP contribution in [0.15, 0.2) is 47.4 Å². The van der Waals surface area contributed by atoms with Crippen molar-refractivity contribution in [1.29, 1.82) is 0 Å². The first kappa shape index (κ1) is 12.5. The van der Waals surface area contributed by atoms with E-state index < -0.39 is 0 Å². The second kappa shape index (κ2) is 4.87. The maximum absolute atomic E-state index is 5.48. The predicted octanol–water partition coefficient (Wildman–Crippen LogP) is 4.72. The van der Waals surface area contributed by atoms with Crippen LogP contribution in [0, 0.1) is 11.7 Å². The summed E-state index contributed by atoms with van der Waals surface area (Å²) in [4.78, 5) is 4.50. The highest BCUT2D eigenvalue weighted by Gasteiger charge is 2.09. The van der Waals surface area contributed by atoms with Crippen LogP contribution in [0.3, 0.4) is 0 Å². The molecule has 4 heteroatoms. The summed E-state index contributed by atoms with van der Waals surface area (Å²) in [5, 5.41) is 0. The SMILES string of the molecule is CSc1ccccc1-n1c(=S)[nH]c2ccc(C)cc21. The summed E-state index contributed by atoms with van der Waals surface area (Å²) in [6.07, 6.45) is 2.09. The van der Waals surface area contributed by atoms with Crippen molar-refractivity contribution in [2.75, 3.05) is 6.26 Å². The Bertz CT molecular complexity index is 799. The van der Waals surface area contributed by atoms with Crippen LogP contribution in [0.1, 0.15) is 5.56 Å². The quantitative estimate of drug-likeness (QED) is 0.543. The van der Waals surface area contributed by atoms with E-state index in [0.29, 0.717) is 0 Å². The molecule has 3 rings (SSSR count). The Hall–Kier alpha value is -1.52. The van der Waals surface area contributed by atoms with Gasteiger partial charge in [-0.1, -0.05) is 18.2 Å². The maximum atomic E-state index is 5.48. The average Bonchev–Trinajstić information content (AvgIpc) is 2.74. The molecule has 1 aromatic heterocycles. The number of thioether (sulfide) groups is 1. The lowest BCUT2D eigenvalue weighted by molar-refractivity contribution is 1.03. The number of aromatic amines is 1. The minimum Gasteiger partial charge on any atom is -0.330 e. The van der Waals surface area contributed by atoms with E-state index in [9.17, 15) is 0 Å². The van der Waals surface area contributed by atoms with Gasteiger partial charge in [-0.15, -0.1) is 11.8 Å². The molecule has 0 radical (unpaired) electrons. The minimum absolute atomic E-state index is 0.738. The van der Waals surface area contributed by atoms with E-state index in [1.54, 1.807) is 11.8 Å². The number of fused-ring (bicyclic) bond motifs is 1. The molecule has 19 heavy (non-hydrogen) atoms. The lowest BCUT2D eigenvalue weighted by Gasteiger charge is -2.09. The van der Waals surface area contributed by atoms with E-state index in [1.165, 1.54) is 10.5 Å². The number of imidazole rings is 1. The van der Waals surface area contributed by atoms with E-state index >= 15 is 0 Å². The van der Waals surface area contributed by atoms with E-state index in [0.717, 1.165) is 21.5 Å². The number of aromatic nitrogens is 2. The Kier molecular flexibility index (Phi) is 3.21. The first-order chi connectivity index (χ1) is 9.20. The monoisotopic (exact) mass is 286 g/mol. The van der Waals surface area contributed by atoms with Gasteiger partial charge in [-0.25, -0.2) is 0 Å². The molecular weight excluding hydrogens is 272 g/mol. The third-order valence-electron chi connectivity index (χ3n) is 3.16. The molecular formula is C15H14N2S2. The Morgan fingerprint density at radius 1 is 1.16 bits per heavy atom.